The number of hydrogen-bond acceptors (Lipinski definition) is 3. The van der Waals surface area contributed by atoms with Crippen LogP contribution in [0, 0.1) is 17.0 Å². The van der Waals surface area contributed by atoms with Crippen molar-refractivity contribution in [1.82, 2.24) is 0 Å². The van der Waals surface area contributed by atoms with Crippen molar-refractivity contribution in [2.75, 3.05) is 0 Å². The molecule has 0 heterocycles. The SMILES string of the molecule is Cc1cc(OCc2ccccc2)c([N+](=O)[O-])cc1C(C)C. The maximum Gasteiger partial charge on any atom is 0.311 e. The van der Waals surface area contributed by atoms with Gasteiger partial charge in [-0.1, -0.05) is 44.2 Å². The fraction of sp³-hybridized carbons (Fsp3) is 0.294. The minimum absolute atomic E-state index is 0.0280. The summed E-state index contributed by atoms with van der Waals surface area (Å²) >= 11 is 0. The fourth-order valence-electron chi connectivity index (χ4n) is 2.30. The third-order valence-electron chi connectivity index (χ3n) is 3.40. The van der Waals surface area contributed by atoms with Gasteiger partial charge in [-0.05, 0) is 35.6 Å². The number of rotatable bonds is 5. The molecule has 0 aliphatic carbocycles. The van der Waals surface area contributed by atoms with E-state index in [0.29, 0.717) is 12.4 Å². The van der Waals surface area contributed by atoms with Crippen LogP contribution in [0.15, 0.2) is 42.5 Å². The lowest BCUT2D eigenvalue weighted by Crippen LogP contribution is -2.02. The molecule has 0 amide bonds. The average molecular weight is 285 g/mol. The summed E-state index contributed by atoms with van der Waals surface area (Å²) in [6.45, 7) is 6.32. The quantitative estimate of drug-likeness (QED) is 0.595. The van der Waals surface area contributed by atoms with E-state index in [-0.39, 0.29) is 16.5 Å². The molecule has 0 bridgehead atoms. The Kier molecular flexibility index (Phi) is 4.58. The molecule has 0 unspecified atom stereocenters. The van der Waals surface area contributed by atoms with Gasteiger partial charge in [0.1, 0.15) is 6.61 Å². The van der Waals surface area contributed by atoms with E-state index in [9.17, 15) is 10.1 Å². The molecule has 0 aliphatic rings. The van der Waals surface area contributed by atoms with Crippen LogP contribution in [-0.2, 0) is 6.61 Å². The first-order valence-electron chi connectivity index (χ1n) is 6.94. The first-order valence-corrected chi connectivity index (χ1v) is 6.94. The molecule has 0 saturated heterocycles. The van der Waals surface area contributed by atoms with Crippen LogP contribution in [0.2, 0.25) is 0 Å². The zero-order chi connectivity index (χ0) is 15.4. The molecular weight excluding hydrogens is 266 g/mol. The summed E-state index contributed by atoms with van der Waals surface area (Å²) in [4.78, 5) is 10.9. The number of nitrogens with zero attached hydrogens (tertiary/aromatic N) is 1. The molecular formula is C17H19NO3. The number of aryl methyl sites for hydroxylation is 1. The van der Waals surface area contributed by atoms with Gasteiger partial charge in [0.05, 0.1) is 4.92 Å². The second-order valence-corrected chi connectivity index (χ2v) is 5.36. The van der Waals surface area contributed by atoms with E-state index in [2.05, 4.69) is 0 Å². The zero-order valence-corrected chi connectivity index (χ0v) is 12.5. The molecule has 0 saturated carbocycles. The van der Waals surface area contributed by atoms with E-state index in [0.717, 1.165) is 16.7 Å². The highest BCUT2D eigenvalue weighted by atomic mass is 16.6. The largest absolute Gasteiger partial charge is 0.482 e. The van der Waals surface area contributed by atoms with Crippen molar-refractivity contribution in [2.45, 2.75) is 33.3 Å². The van der Waals surface area contributed by atoms with Crippen molar-refractivity contribution in [1.29, 1.82) is 0 Å². The highest BCUT2D eigenvalue weighted by Gasteiger charge is 2.19. The molecule has 0 aliphatic heterocycles. The predicted molar refractivity (Wildman–Crippen MR) is 82.7 cm³/mol. The van der Waals surface area contributed by atoms with Crippen LogP contribution in [0.25, 0.3) is 0 Å². The number of hydrogen-bond donors (Lipinski definition) is 0. The summed E-state index contributed by atoms with van der Waals surface area (Å²) in [5, 5.41) is 11.2. The highest BCUT2D eigenvalue weighted by Crippen LogP contribution is 2.33. The van der Waals surface area contributed by atoms with E-state index < -0.39 is 0 Å². The first-order chi connectivity index (χ1) is 9.99. The standard InChI is InChI=1S/C17H19NO3/c1-12(2)15-10-16(18(19)20)17(9-13(15)3)21-11-14-7-5-4-6-8-14/h4-10,12H,11H2,1-3H3. The summed E-state index contributed by atoms with van der Waals surface area (Å²) in [6, 6.07) is 13.0. The van der Waals surface area contributed by atoms with Crippen molar-refractivity contribution in [3.05, 3.63) is 69.3 Å². The van der Waals surface area contributed by atoms with Gasteiger partial charge in [0, 0.05) is 6.07 Å². The van der Waals surface area contributed by atoms with E-state index in [4.69, 9.17) is 4.74 Å². The number of nitro benzene ring substituents is 1. The Morgan fingerprint density at radius 3 is 2.43 bits per heavy atom. The van der Waals surface area contributed by atoms with Crippen LogP contribution < -0.4 is 4.74 Å². The zero-order valence-electron chi connectivity index (χ0n) is 12.5. The Morgan fingerprint density at radius 1 is 1.19 bits per heavy atom. The summed E-state index contributed by atoms with van der Waals surface area (Å²) in [5.74, 6) is 0.567. The molecule has 2 aromatic rings. The summed E-state index contributed by atoms with van der Waals surface area (Å²) in [7, 11) is 0. The van der Waals surface area contributed by atoms with E-state index in [1.54, 1.807) is 12.1 Å². The highest BCUT2D eigenvalue weighted by molar-refractivity contribution is 5.52. The van der Waals surface area contributed by atoms with Crippen molar-refractivity contribution >= 4 is 5.69 Å². The number of nitro groups is 1. The van der Waals surface area contributed by atoms with E-state index in [1.807, 2.05) is 51.1 Å². The first kappa shape index (κ1) is 15.0. The van der Waals surface area contributed by atoms with Gasteiger partial charge >= 0.3 is 5.69 Å². The molecule has 21 heavy (non-hydrogen) atoms. The third kappa shape index (κ3) is 3.60. The Hall–Kier alpha value is -2.36. The molecule has 110 valence electrons. The monoisotopic (exact) mass is 285 g/mol. The maximum absolute atomic E-state index is 11.2. The van der Waals surface area contributed by atoms with Gasteiger partial charge in [-0.3, -0.25) is 10.1 Å². The van der Waals surface area contributed by atoms with Gasteiger partial charge in [0.2, 0.25) is 0 Å². The lowest BCUT2D eigenvalue weighted by Gasteiger charge is -2.13. The molecule has 4 nitrogen and oxygen atoms in total. The minimum Gasteiger partial charge on any atom is -0.482 e. The fourth-order valence-corrected chi connectivity index (χ4v) is 2.30. The smallest absolute Gasteiger partial charge is 0.311 e. The predicted octanol–water partition coefficient (Wildman–Crippen LogP) is 4.61. The Balaban J connectivity index is 2.30. The lowest BCUT2D eigenvalue weighted by atomic mass is 9.97. The van der Waals surface area contributed by atoms with Gasteiger partial charge in [-0.2, -0.15) is 0 Å². The normalized spacial score (nSPS) is 10.7. The van der Waals surface area contributed by atoms with Crippen LogP contribution in [-0.4, -0.2) is 4.92 Å². The van der Waals surface area contributed by atoms with Gasteiger partial charge in [-0.15, -0.1) is 0 Å². The molecule has 2 aromatic carbocycles. The number of benzene rings is 2. The number of ether oxygens (including phenoxy) is 1. The van der Waals surface area contributed by atoms with Gasteiger partial charge in [0.25, 0.3) is 0 Å². The second-order valence-electron chi connectivity index (χ2n) is 5.36. The van der Waals surface area contributed by atoms with Crippen LogP contribution in [0.5, 0.6) is 5.75 Å². The van der Waals surface area contributed by atoms with Crippen molar-refractivity contribution in [2.24, 2.45) is 0 Å². The molecule has 0 spiro atoms. The second kappa shape index (κ2) is 6.39. The molecule has 4 heteroatoms. The van der Waals surface area contributed by atoms with Crippen LogP contribution in [0.1, 0.15) is 36.5 Å². The summed E-state index contributed by atoms with van der Waals surface area (Å²) in [6.07, 6.45) is 0. The summed E-state index contributed by atoms with van der Waals surface area (Å²) in [5.41, 5.74) is 3.00. The molecule has 0 radical (unpaired) electrons. The minimum atomic E-state index is -0.383. The van der Waals surface area contributed by atoms with Crippen LogP contribution >= 0.6 is 0 Å². The average Bonchev–Trinajstić information content (AvgIpc) is 2.45. The summed E-state index contributed by atoms with van der Waals surface area (Å²) < 4.78 is 5.66. The van der Waals surface area contributed by atoms with Gasteiger partial charge in [0.15, 0.2) is 5.75 Å². The molecule has 0 atom stereocenters. The van der Waals surface area contributed by atoms with Crippen LogP contribution in [0.3, 0.4) is 0 Å². The van der Waals surface area contributed by atoms with Gasteiger partial charge in [-0.25, -0.2) is 0 Å². The van der Waals surface area contributed by atoms with Gasteiger partial charge < -0.3 is 4.74 Å². The van der Waals surface area contributed by atoms with E-state index in [1.165, 1.54) is 0 Å². The van der Waals surface area contributed by atoms with Crippen molar-refractivity contribution in [3.63, 3.8) is 0 Å². The maximum atomic E-state index is 11.2. The Labute approximate surface area is 124 Å². The lowest BCUT2D eigenvalue weighted by molar-refractivity contribution is -0.386. The van der Waals surface area contributed by atoms with Crippen molar-refractivity contribution in [3.8, 4) is 5.75 Å². The van der Waals surface area contributed by atoms with E-state index >= 15 is 0 Å². The topological polar surface area (TPSA) is 52.4 Å². The van der Waals surface area contributed by atoms with Crippen molar-refractivity contribution < 1.29 is 9.66 Å². The Bertz CT molecular complexity index is 636. The van der Waals surface area contributed by atoms with Crippen LogP contribution in [0.4, 0.5) is 5.69 Å². The molecule has 0 aromatic heterocycles. The molecule has 0 N–H and O–H groups in total. The third-order valence-corrected chi connectivity index (χ3v) is 3.40. The molecule has 2 rings (SSSR count). The Morgan fingerprint density at radius 2 is 1.86 bits per heavy atom. The molecule has 0 fully saturated rings.